The van der Waals surface area contributed by atoms with E-state index in [9.17, 15) is 0 Å². The molecule has 1 aliphatic carbocycles. The van der Waals surface area contributed by atoms with Crippen LogP contribution < -0.4 is 9.47 Å². The molecule has 0 fully saturated rings. The minimum atomic E-state index is 0.382. The molecule has 1 aliphatic heterocycles. The zero-order valence-corrected chi connectivity index (χ0v) is 12.6. The van der Waals surface area contributed by atoms with Gasteiger partial charge in [0.05, 0.1) is 0 Å². The number of rotatable bonds is 0. The van der Waals surface area contributed by atoms with Crippen molar-refractivity contribution in [2.24, 2.45) is 0 Å². The van der Waals surface area contributed by atoms with Crippen molar-refractivity contribution in [3.63, 3.8) is 0 Å². The summed E-state index contributed by atoms with van der Waals surface area (Å²) in [6, 6.07) is 2.05. The summed E-state index contributed by atoms with van der Waals surface area (Å²) in [6.45, 7) is 1.30. The summed E-state index contributed by atoms with van der Waals surface area (Å²) in [5.74, 6) is 1.84. The Morgan fingerprint density at radius 3 is 2.88 bits per heavy atom. The fourth-order valence-electron chi connectivity index (χ4n) is 2.57. The Kier molecular flexibility index (Phi) is 3.35. The van der Waals surface area contributed by atoms with Crippen LogP contribution in [-0.2, 0) is 6.42 Å². The van der Waals surface area contributed by atoms with E-state index in [0.717, 1.165) is 22.4 Å². The summed E-state index contributed by atoms with van der Waals surface area (Å²) in [7, 11) is 0. The maximum Gasteiger partial charge on any atom is 0.166 e. The smallest absolute Gasteiger partial charge is 0.166 e. The molecule has 1 aromatic carbocycles. The van der Waals surface area contributed by atoms with Gasteiger partial charge in [0.15, 0.2) is 11.5 Å². The maximum atomic E-state index is 5.83. The highest BCUT2D eigenvalue weighted by Gasteiger charge is 2.27. The Hall–Kier alpha value is -0.220. The number of hydrogen-bond acceptors (Lipinski definition) is 2. The maximum absolute atomic E-state index is 5.83. The number of ether oxygens (including phenoxy) is 2. The normalized spacial score (nSPS) is 22.8. The predicted octanol–water partition coefficient (Wildman–Crippen LogP) is 4.38. The van der Waals surface area contributed by atoms with Crippen LogP contribution in [0.15, 0.2) is 10.5 Å². The summed E-state index contributed by atoms with van der Waals surface area (Å²) in [5.41, 5.74) is 2.68. The second-order valence-electron chi connectivity index (χ2n) is 4.49. The quantitative estimate of drug-likeness (QED) is 0.504. The largest absolute Gasteiger partial charge is 0.486 e. The molecule has 3 rings (SSSR count). The van der Waals surface area contributed by atoms with Crippen LogP contribution in [-0.4, -0.2) is 13.2 Å². The van der Waals surface area contributed by atoms with Crippen LogP contribution in [0, 0.1) is 0 Å². The molecule has 4 heteroatoms. The topological polar surface area (TPSA) is 18.5 Å². The van der Waals surface area contributed by atoms with Crippen molar-refractivity contribution in [3.05, 3.63) is 21.7 Å². The van der Waals surface area contributed by atoms with E-state index in [4.69, 9.17) is 9.47 Å². The molecular formula is C13H14Br2O2. The van der Waals surface area contributed by atoms with Crippen LogP contribution in [0.3, 0.4) is 0 Å². The summed E-state index contributed by atoms with van der Waals surface area (Å²) in [4.78, 5) is 0.382. The van der Waals surface area contributed by atoms with Gasteiger partial charge in [-0.25, -0.2) is 0 Å². The van der Waals surface area contributed by atoms with E-state index in [0.29, 0.717) is 18.0 Å². The van der Waals surface area contributed by atoms with E-state index in [2.05, 4.69) is 37.9 Å². The summed E-state index contributed by atoms with van der Waals surface area (Å²) >= 11 is 7.46. The molecule has 0 radical (unpaired) electrons. The first-order valence-electron chi connectivity index (χ1n) is 6.02. The van der Waals surface area contributed by atoms with Gasteiger partial charge in [-0.1, -0.05) is 38.3 Å². The standard InChI is InChI=1S/C13H14Br2O2/c14-9-4-2-1-3-8-10(15)7-11-13(12(8)9)17-6-5-16-11/h7,9H,1-6H2. The minimum absolute atomic E-state index is 0.382. The number of benzene rings is 1. The first kappa shape index (κ1) is 11.8. The average Bonchev–Trinajstić information content (AvgIpc) is 2.52. The first-order chi connectivity index (χ1) is 8.27. The van der Waals surface area contributed by atoms with Crippen molar-refractivity contribution in [2.75, 3.05) is 13.2 Å². The molecule has 2 nitrogen and oxygen atoms in total. The van der Waals surface area contributed by atoms with E-state index >= 15 is 0 Å². The molecule has 0 aromatic heterocycles. The lowest BCUT2D eigenvalue weighted by Gasteiger charge is -2.25. The van der Waals surface area contributed by atoms with E-state index < -0.39 is 0 Å². The van der Waals surface area contributed by atoms with Gasteiger partial charge in [0.2, 0.25) is 0 Å². The number of alkyl halides is 1. The van der Waals surface area contributed by atoms with Gasteiger partial charge in [0.1, 0.15) is 13.2 Å². The molecule has 0 N–H and O–H groups in total. The van der Waals surface area contributed by atoms with Crippen LogP contribution >= 0.6 is 31.9 Å². The molecule has 0 spiro atoms. The Morgan fingerprint density at radius 1 is 1.18 bits per heavy atom. The summed E-state index contributed by atoms with van der Waals surface area (Å²) < 4.78 is 12.7. The van der Waals surface area contributed by atoms with Gasteiger partial charge < -0.3 is 9.47 Å². The zero-order chi connectivity index (χ0) is 11.8. The van der Waals surface area contributed by atoms with Crippen LogP contribution in [0.5, 0.6) is 11.5 Å². The lowest BCUT2D eigenvalue weighted by atomic mass is 10.0. The third-order valence-corrected chi connectivity index (χ3v) is 5.00. The molecule has 2 aliphatic rings. The van der Waals surface area contributed by atoms with Crippen molar-refractivity contribution in [1.29, 1.82) is 0 Å². The predicted molar refractivity (Wildman–Crippen MR) is 74.4 cm³/mol. The lowest BCUT2D eigenvalue weighted by molar-refractivity contribution is 0.169. The Bertz CT molecular complexity index is 446. The first-order valence-corrected chi connectivity index (χ1v) is 7.73. The Labute approximate surface area is 118 Å². The van der Waals surface area contributed by atoms with E-state index in [-0.39, 0.29) is 0 Å². The molecule has 1 heterocycles. The molecule has 1 unspecified atom stereocenters. The molecule has 17 heavy (non-hydrogen) atoms. The van der Waals surface area contributed by atoms with Crippen LogP contribution in [0.2, 0.25) is 0 Å². The van der Waals surface area contributed by atoms with Crippen molar-refractivity contribution in [3.8, 4) is 11.5 Å². The van der Waals surface area contributed by atoms with E-state index in [1.165, 1.54) is 30.4 Å². The molecule has 92 valence electrons. The molecular weight excluding hydrogens is 348 g/mol. The summed E-state index contributed by atoms with van der Waals surface area (Å²) in [6.07, 6.45) is 4.79. The van der Waals surface area contributed by atoms with Crippen molar-refractivity contribution in [2.45, 2.75) is 30.5 Å². The minimum Gasteiger partial charge on any atom is -0.486 e. The van der Waals surface area contributed by atoms with Gasteiger partial charge in [0, 0.05) is 14.9 Å². The van der Waals surface area contributed by atoms with Gasteiger partial charge in [-0.15, -0.1) is 0 Å². The highest BCUT2D eigenvalue weighted by Crippen LogP contribution is 2.48. The Morgan fingerprint density at radius 2 is 2.00 bits per heavy atom. The third-order valence-electron chi connectivity index (χ3n) is 3.37. The molecule has 0 bridgehead atoms. The second-order valence-corrected chi connectivity index (χ2v) is 6.45. The zero-order valence-electron chi connectivity index (χ0n) is 9.47. The highest BCUT2D eigenvalue weighted by molar-refractivity contribution is 9.10. The fraction of sp³-hybridized carbons (Fsp3) is 0.538. The second kappa shape index (κ2) is 4.81. The molecule has 0 saturated heterocycles. The third kappa shape index (κ3) is 2.10. The highest BCUT2D eigenvalue weighted by atomic mass is 79.9. The number of hydrogen-bond donors (Lipinski definition) is 0. The van der Waals surface area contributed by atoms with Gasteiger partial charge >= 0.3 is 0 Å². The Balaban J connectivity index is 2.19. The van der Waals surface area contributed by atoms with Crippen molar-refractivity contribution < 1.29 is 9.47 Å². The van der Waals surface area contributed by atoms with Gasteiger partial charge in [-0.05, 0) is 30.9 Å². The molecule has 0 amide bonds. The van der Waals surface area contributed by atoms with Crippen LogP contribution in [0.25, 0.3) is 0 Å². The van der Waals surface area contributed by atoms with E-state index in [1.807, 2.05) is 0 Å². The van der Waals surface area contributed by atoms with Gasteiger partial charge in [-0.2, -0.15) is 0 Å². The molecule has 0 saturated carbocycles. The molecule has 1 atom stereocenters. The fourth-order valence-corrected chi connectivity index (χ4v) is 4.00. The SMILES string of the molecule is Brc1cc2c(c3c1CCCCC3Br)OCCO2. The van der Waals surface area contributed by atoms with Gasteiger partial charge in [-0.3, -0.25) is 0 Å². The number of fused-ring (bicyclic) bond motifs is 3. The lowest BCUT2D eigenvalue weighted by Crippen LogP contribution is -2.17. The number of halogens is 2. The van der Waals surface area contributed by atoms with E-state index in [1.54, 1.807) is 0 Å². The average molecular weight is 362 g/mol. The summed E-state index contributed by atoms with van der Waals surface area (Å²) in [5, 5.41) is 0. The van der Waals surface area contributed by atoms with Crippen LogP contribution in [0.4, 0.5) is 0 Å². The van der Waals surface area contributed by atoms with Crippen molar-refractivity contribution in [1.82, 2.24) is 0 Å². The van der Waals surface area contributed by atoms with Gasteiger partial charge in [0.25, 0.3) is 0 Å². The molecule has 1 aromatic rings. The monoisotopic (exact) mass is 360 g/mol. The van der Waals surface area contributed by atoms with Crippen LogP contribution in [0.1, 0.15) is 35.2 Å². The van der Waals surface area contributed by atoms with Crippen molar-refractivity contribution >= 4 is 31.9 Å².